The van der Waals surface area contributed by atoms with Crippen molar-refractivity contribution in [3.05, 3.63) is 41.6 Å². The Hall–Kier alpha value is -2.60. The number of carbonyl (C=O) groups is 2. The summed E-state index contributed by atoms with van der Waals surface area (Å²) in [7, 11) is 5.68. The van der Waals surface area contributed by atoms with Gasteiger partial charge in [0.2, 0.25) is 0 Å². The molecule has 26 heavy (non-hydrogen) atoms. The Morgan fingerprint density at radius 2 is 1.85 bits per heavy atom. The quantitative estimate of drug-likeness (QED) is 0.592. The summed E-state index contributed by atoms with van der Waals surface area (Å²) in [6.45, 7) is 3.37. The first kappa shape index (κ1) is 18.2. The van der Waals surface area contributed by atoms with E-state index in [1.54, 1.807) is 13.1 Å². The lowest BCUT2D eigenvalue weighted by Crippen LogP contribution is -2.38. The van der Waals surface area contributed by atoms with E-state index in [1.165, 1.54) is 10.0 Å². The number of amides is 2. The van der Waals surface area contributed by atoms with E-state index >= 15 is 0 Å². The summed E-state index contributed by atoms with van der Waals surface area (Å²) in [6.07, 6.45) is 5.59. The van der Waals surface area contributed by atoms with Crippen molar-refractivity contribution in [1.82, 2.24) is 19.5 Å². The summed E-state index contributed by atoms with van der Waals surface area (Å²) in [5.74, 6) is -0.453. The normalized spacial score (nSPS) is 16.7. The Kier molecular flexibility index (Phi) is 5.13. The highest BCUT2D eigenvalue weighted by molar-refractivity contribution is 6.25. The molecule has 0 N–H and O–H groups in total. The molecule has 0 unspecified atom stereocenters. The maximum Gasteiger partial charge on any atom is 0.278 e. The summed E-state index contributed by atoms with van der Waals surface area (Å²) in [4.78, 5) is 27.4. The summed E-state index contributed by atoms with van der Waals surface area (Å²) in [6, 6.07) is 8.05. The van der Waals surface area contributed by atoms with Crippen LogP contribution in [0.15, 0.2) is 36.0 Å². The van der Waals surface area contributed by atoms with Crippen LogP contribution in [0.1, 0.15) is 25.3 Å². The number of unbranched alkanes of at least 4 members (excludes halogenated alkanes) is 1. The van der Waals surface area contributed by atoms with E-state index < -0.39 is 0 Å². The van der Waals surface area contributed by atoms with Crippen molar-refractivity contribution >= 4 is 28.8 Å². The first-order valence-electron chi connectivity index (χ1n) is 8.98. The predicted octanol–water partition coefficient (Wildman–Crippen LogP) is 2.56. The lowest BCUT2D eigenvalue weighted by atomic mass is 10.1. The number of hydrazine groups is 1. The van der Waals surface area contributed by atoms with Gasteiger partial charge in [0.05, 0.1) is 6.67 Å². The maximum atomic E-state index is 12.7. The van der Waals surface area contributed by atoms with Gasteiger partial charge in [0.15, 0.2) is 0 Å². The number of hydrogen-bond acceptors (Lipinski definition) is 3. The molecule has 1 aliphatic rings. The van der Waals surface area contributed by atoms with E-state index in [0.717, 1.165) is 36.0 Å². The van der Waals surface area contributed by atoms with Crippen LogP contribution < -0.4 is 0 Å². The highest BCUT2D eigenvalue weighted by Gasteiger charge is 2.38. The zero-order chi connectivity index (χ0) is 18.8. The Balaban J connectivity index is 2.02. The number of hydrogen-bond donors (Lipinski definition) is 0. The van der Waals surface area contributed by atoms with Gasteiger partial charge < -0.3 is 4.57 Å². The molecule has 0 aliphatic carbocycles. The van der Waals surface area contributed by atoms with Crippen LogP contribution in [0.3, 0.4) is 0 Å². The maximum absolute atomic E-state index is 12.7. The fourth-order valence-electron chi connectivity index (χ4n) is 3.30. The number of aromatic nitrogens is 1. The van der Waals surface area contributed by atoms with E-state index in [4.69, 9.17) is 0 Å². The fraction of sp³-hybridized carbons (Fsp3) is 0.400. The Labute approximate surface area is 154 Å². The van der Waals surface area contributed by atoms with Gasteiger partial charge in [-0.15, -0.1) is 0 Å². The Morgan fingerprint density at radius 3 is 2.54 bits per heavy atom. The lowest BCUT2D eigenvalue weighted by Gasteiger charge is -2.22. The number of fused-ring (bicyclic) bond motifs is 1. The minimum Gasteiger partial charge on any atom is -0.333 e. The first-order chi connectivity index (χ1) is 12.4. The van der Waals surface area contributed by atoms with Crippen LogP contribution in [0.5, 0.6) is 0 Å². The van der Waals surface area contributed by atoms with Gasteiger partial charge in [0.25, 0.3) is 11.8 Å². The minimum atomic E-state index is -0.240. The van der Waals surface area contributed by atoms with Gasteiger partial charge in [-0.1, -0.05) is 31.5 Å². The van der Waals surface area contributed by atoms with Crippen molar-refractivity contribution in [2.75, 3.05) is 27.7 Å². The highest BCUT2D eigenvalue weighted by atomic mass is 16.2. The molecule has 0 bridgehead atoms. The number of likely N-dealkylation sites (N-methyl/N-ethyl adjacent to an activating group) is 1. The monoisotopic (exact) mass is 354 g/mol. The fourth-order valence-corrected chi connectivity index (χ4v) is 3.30. The number of nitrogens with zero attached hydrogens (tertiary/aromatic N) is 4. The highest BCUT2D eigenvalue weighted by Crippen LogP contribution is 2.27. The molecule has 0 spiro atoms. The lowest BCUT2D eigenvalue weighted by molar-refractivity contribution is -0.143. The van der Waals surface area contributed by atoms with Crippen molar-refractivity contribution in [2.24, 2.45) is 0 Å². The van der Waals surface area contributed by atoms with Gasteiger partial charge in [0, 0.05) is 36.3 Å². The topological polar surface area (TPSA) is 48.8 Å². The van der Waals surface area contributed by atoms with E-state index in [0.29, 0.717) is 6.54 Å². The molecular weight excluding hydrogens is 328 g/mol. The smallest absolute Gasteiger partial charge is 0.278 e. The molecule has 1 fully saturated rings. The molecule has 0 atom stereocenters. The van der Waals surface area contributed by atoms with Gasteiger partial charge in [0.1, 0.15) is 5.57 Å². The van der Waals surface area contributed by atoms with Gasteiger partial charge >= 0.3 is 0 Å². The summed E-state index contributed by atoms with van der Waals surface area (Å²) >= 11 is 0. The summed E-state index contributed by atoms with van der Waals surface area (Å²) in [5.41, 5.74) is 2.21. The van der Waals surface area contributed by atoms with Crippen LogP contribution in [0.25, 0.3) is 17.0 Å². The van der Waals surface area contributed by atoms with Crippen molar-refractivity contribution in [2.45, 2.75) is 26.4 Å². The van der Waals surface area contributed by atoms with Gasteiger partial charge in [-0.3, -0.25) is 19.5 Å². The van der Waals surface area contributed by atoms with E-state index in [9.17, 15) is 9.59 Å². The third-order valence-electron chi connectivity index (χ3n) is 4.63. The number of benzene rings is 1. The Bertz CT molecular complexity index is 866. The number of carbonyl (C=O) groups excluding carboxylic acids is 2. The average molecular weight is 354 g/mol. The largest absolute Gasteiger partial charge is 0.333 e. The van der Waals surface area contributed by atoms with Gasteiger partial charge in [-0.25, -0.2) is 5.01 Å². The van der Waals surface area contributed by atoms with Gasteiger partial charge in [-0.05, 0) is 32.7 Å². The molecule has 6 nitrogen and oxygen atoms in total. The SMILES string of the molecule is CCCCN1C(=O)/C(=C\c2cn(CN(C)C)c3ccccc23)C(=O)N1C. The third-order valence-corrected chi connectivity index (χ3v) is 4.63. The number of para-hydroxylation sites is 1. The second-order valence-electron chi connectivity index (χ2n) is 6.96. The zero-order valence-corrected chi connectivity index (χ0v) is 15.9. The Morgan fingerprint density at radius 1 is 1.12 bits per heavy atom. The standard InChI is InChI=1S/C20H26N4O2/c1-5-6-11-24-20(26)17(19(25)22(24)4)12-15-13-23(14-21(2)3)18-10-8-7-9-16(15)18/h7-10,12-13H,5-6,11,14H2,1-4H3/b17-12-. The molecule has 138 valence electrons. The van der Waals surface area contributed by atoms with E-state index in [2.05, 4.69) is 22.5 Å². The van der Waals surface area contributed by atoms with Crippen LogP contribution >= 0.6 is 0 Å². The van der Waals surface area contributed by atoms with Gasteiger partial charge in [-0.2, -0.15) is 0 Å². The summed E-state index contributed by atoms with van der Waals surface area (Å²) in [5, 5.41) is 4.01. The van der Waals surface area contributed by atoms with E-state index in [-0.39, 0.29) is 17.4 Å². The third kappa shape index (κ3) is 3.24. The van der Waals surface area contributed by atoms with Crippen molar-refractivity contribution in [1.29, 1.82) is 0 Å². The molecule has 2 heterocycles. The number of rotatable bonds is 6. The van der Waals surface area contributed by atoms with Crippen LogP contribution in [-0.2, 0) is 16.3 Å². The molecule has 1 saturated heterocycles. The van der Waals surface area contributed by atoms with Crippen LogP contribution in [-0.4, -0.2) is 59.0 Å². The molecule has 1 aromatic heterocycles. The molecule has 0 radical (unpaired) electrons. The van der Waals surface area contributed by atoms with Crippen LogP contribution in [0.4, 0.5) is 0 Å². The molecular formula is C20H26N4O2. The molecule has 0 saturated carbocycles. The average Bonchev–Trinajstić information content (AvgIpc) is 3.04. The molecule has 2 amide bonds. The minimum absolute atomic E-state index is 0.213. The predicted molar refractivity (Wildman–Crippen MR) is 103 cm³/mol. The molecule has 2 aromatic rings. The molecule has 3 rings (SSSR count). The second kappa shape index (κ2) is 7.33. The molecule has 1 aromatic carbocycles. The van der Waals surface area contributed by atoms with Crippen molar-refractivity contribution in [3.8, 4) is 0 Å². The first-order valence-corrected chi connectivity index (χ1v) is 8.98. The second-order valence-corrected chi connectivity index (χ2v) is 6.96. The molecule has 6 heteroatoms. The molecule has 1 aliphatic heterocycles. The van der Waals surface area contributed by atoms with Crippen LogP contribution in [0.2, 0.25) is 0 Å². The van der Waals surface area contributed by atoms with Crippen molar-refractivity contribution < 1.29 is 9.59 Å². The zero-order valence-electron chi connectivity index (χ0n) is 15.9. The summed E-state index contributed by atoms with van der Waals surface area (Å²) < 4.78 is 2.13. The van der Waals surface area contributed by atoms with E-state index in [1.807, 2.05) is 38.5 Å². The van der Waals surface area contributed by atoms with Crippen LogP contribution in [0, 0.1) is 0 Å². The van der Waals surface area contributed by atoms with Crippen molar-refractivity contribution in [3.63, 3.8) is 0 Å².